The first kappa shape index (κ1) is 20.2. The number of nitrogens with one attached hydrogen (secondary N) is 2. The van der Waals surface area contributed by atoms with Crippen LogP contribution in [0.15, 0.2) is 18.2 Å². The van der Waals surface area contributed by atoms with Crippen LogP contribution in [-0.4, -0.2) is 61.1 Å². The standard InChI is InChI=1S/C15H24N2O6S/c1-21-9-4-7-17-24(19,20)10-8-16-15(18)13-6-5-12(22-2)11-14(13)23-3/h5-6,11,17H,4,7-10H2,1-3H3,(H,16,18). The van der Waals surface area contributed by atoms with Crippen LogP contribution in [0.2, 0.25) is 0 Å². The van der Waals surface area contributed by atoms with Gasteiger partial charge >= 0.3 is 0 Å². The quantitative estimate of drug-likeness (QED) is 0.554. The molecule has 8 nitrogen and oxygen atoms in total. The second-order valence-electron chi connectivity index (χ2n) is 4.88. The first-order valence-electron chi connectivity index (χ1n) is 7.40. The van der Waals surface area contributed by atoms with E-state index < -0.39 is 15.9 Å². The molecule has 0 bridgehead atoms. The maximum Gasteiger partial charge on any atom is 0.255 e. The fourth-order valence-corrected chi connectivity index (χ4v) is 2.87. The largest absolute Gasteiger partial charge is 0.497 e. The second-order valence-corrected chi connectivity index (χ2v) is 6.81. The SMILES string of the molecule is COCCCNS(=O)(=O)CCNC(=O)c1ccc(OC)cc1OC. The Balaban J connectivity index is 2.51. The number of ether oxygens (including phenoxy) is 3. The van der Waals surface area contributed by atoms with Crippen molar-refractivity contribution in [1.29, 1.82) is 0 Å². The van der Waals surface area contributed by atoms with Crippen molar-refractivity contribution in [3.63, 3.8) is 0 Å². The van der Waals surface area contributed by atoms with E-state index in [0.717, 1.165) is 0 Å². The number of amides is 1. The molecule has 0 unspecified atom stereocenters. The molecule has 0 saturated heterocycles. The summed E-state index contributed by atoms with van der Waals surface area (Å²) in [6.45, 7) is 0.778. The molecule has 0 saturated carbocycles. The minimum absolute atomic E-state index is 0.00632. The molecule has 1 aromatic carbocycles. The zero-order chi connectivity index (χ0) is 18.0. The van der Waals surface area contributed by atoms with Crippen LogP contribution >= 0.6 is 0 Å². The summed E-state index contributed by atoms with van der Waals surface area (Å²) in [5.41, 5.74) is 0.309. The normalized spacial score (nSPS) is 11.1. The van der Waals surface area contributed by atoms with Gasteiger partial charge in [0.2, 0.25) is 10.0 Å². The van der Waals surface area contributed by atoms with Gasteiger partial charge in [0, 0.05) is 32.9 Å². The summed E-state index contributed by atoms with van der Waals surface area (Å²) in [7, 11) is 1.07. The van der Waals surface area contributed by atoms with E-state index in [-0.39, 0.29) is 12.3 Å². The lowest BCUT2D eigenvalue weighted by Gasteiger charge is -2.11. The number of benzene rings is 1. The Hall–Kier alpha value is -1.84. The monoisotopic (exact) mass is 360 g/mol. The van der Waals surface area contributed by atoms with Gasteiger partial charge in [-0.05, 0) is 18.6 Å². The fraction of sp³-hybridized carbons (Fsp3) is 0.533. The molecule has 1 aromatic rings. The zero-order valence-electron chi connectivity index (χ0n) is 14.1. The molecule has 0 aromatic heterocycles. The number of methoxy groups -OCH3 is 3. The van der Waals surface area contributed by atoms with E-state index in [1.54, 1.807) is 25.3 Å². The van der Waals surface area contributed by atoms with E-state index in [2.05, 4.69) is 10.0 Å². The average molecular weight is 360 g/mol. The van der Waals surface area contributed by atoms with Gasteiger partial charge in [-0.15, -0.1) is 0 Å². The van der Waals surface area contributed by atoms with E-state index in [4.69, 9.17) is 14.2 Å². The smallest absolute Gasteiger partial charge is 0.255 e. The summed E-state index contributed by atoms with van der Waals surface area (Å²) in [5, 5.41) is 2.57. The predicted molar refractivity (Wildman–Crippen MR) is 90.2 cm³/mol. The molecule has 0 aliphatic carbocycles. The van der Waals surface area contributed by atoms with Crippen LogP contribution in [0.1, 0.15) is 16.8 Å². The molecule has 0 fully saturated rings. The van der Waals surface area contributed by atoms with Crippen molar-refractivity contribution in [2.24, 2.45) is 0 Å². The first-order chi connectivity index (χ1) is 11.4. The van der Waals surface area contributed by atoms with Crippen LogP contribution < -0.4 is 19.5 Å². The number of hydrogen-bond donors (Lipinski definition) is 2. The van der Waals surface area contributed by atoms with Gasteiger partial charge in [0.15, 0.2) is 0 Å². The number of carbonyl (C=O) groups is 1. The third kappa shape index (κ3) is 6.73. The molecule has 0 spiro atoms. The van der Waals surface area contributed by atoms with Gasteiger partial charge in [0.05, 0.1) is 25.5 Å². The lowest BCUT2D eigenvalue weighted by Crippen LogP contribution is -2.35. The molecule has 0 aliphatic rings. The Labute approximate surface area is 142 Å². The van der Waals surface area contributed by atoms with Crippen molar-refractivity contribution in [1.82, 2.24) is 10.0 Å². The van der Waals surface area contributed by atoms with Crippen LogP contribution in [-0.2, 0) is 14.8 Å². The summed E-state index contributed by atoms with van der Waals surface area (Å²) in [6.07, 6.45) is 0.588. The molecule has 0 aliphatic heterocycles. The van der Waals surface area contributed by atoms with Crippen molar-refractivity contribution >= 4 is 15.9 Å². The molecule has 24 heavy (non-hydrogen) atoms. The molecular formula is C15H24N2O6S. The molecule has 1 rings (SSSR count). The Morgan fingerprint density at radius 1 is 1.12 bits per heavy atom. The molecule has 0 heterocycles. The average Bonchev–Trinajstić information content (AvgIpc) is 2.57. The van der Waals surface area contributed by atoms with Gasteiger partial charge in [0.25, 0.3) is 5.91 Å². The fourth-order valence-electron chi connectivity index (χ4n) is 1.90. The molecule has 9 heteroatoms. The van der Waals surface area contributed by atoms with Crippen LogP contribution in [0, 0.1) is 0 Å². The summed E-state index contributed by atoms with van der Waals surface area (Å²) in [5.74, 6) is 0.298. The van der Waals surface area contributed by atoms with Crippen LogP contribution in [0.3, 0.4) is 0 Å². The Morgan fingerprint density at radius 2 is 1.88 bits per heavy atom. The first-order valence-corrected chi connectivity index (χ1v) is 9.05. The predicted octanol–water partition coefficient (Wildman–Crippen LogP) is 0.390. The number of hydrogen-bond acceptors (Lipinski definition) is 6. The highest BCUT2D eigenvalue weighted by Crippen LogP contribution is 2.24. The van der Waals surface area contributed by atoms with E-state index in [1.807, 2.05) is 0 Å². The van der Waals surface area contributed by atoms with Crippen molar-refractivity contribution in [2.45, 2.75) is 6.42 Å². The lowest BCUT2D eigenvalue weighted by atomic mass is 10.2. The molecular weight excluding hydrogens is 336 g/mol. The van der Waals surface area contributed by atoms with E-state index in [9.17, 15) is 13.2 Å². The highest BCUT2D eigenvalue weighted by Gasteiger charge is 2.15. The van der Waals surface area contributed by atoms with E-state index in [1.165, 1.54) is 14.2 Å². The molecule has 0 atom stereocenters. The van der Waals surface area contributed by atoms with E-state index >= 15 is 0 Å². The van der Waals surface area contributed by atoms with Crippen molar-refractivity contribution < 1.29 is 27.4 Å². The van der Waals surface area contributed by atoms with Gasteiger partial charge in [0.1, 0.15) is 11.5 Å². The maximum absolute atomic E-state index is 12.1. The minimum Gasteiger partial charge on any atom is -0.497 e. The summed E-state index contributed by atoms with van der Waals surface area (Å²) in [4.78, 5) is 12.1. The van der Waals surface area contributed by atoms with Crippen LogP contribution in [0.4, 0.5) is 0 Å². The minimum atomic E-state index is -3.44. The maximum atomic E-state index is 12.1. The topological polar surface area (TPSA) is 103 Å². The number of rotatable bonds is 11. The Kier molecular flexibility index (Phi) is 8.51. The van der Waals surface area contributed by atoms with E-state index in [0.29, 0.717) is 36.6 Å². The van der Waals surface area contributed by atoms with Gasteiger partial charge < -0.3 is 19.5 Å². The third-order valence-corrected chi connectivity index (χ3v) is 4.54. The van der Waals surface area contributed by atoms with Gasteiger partial charge in [-0.1, -0.05) is 0 Å². The van der Waals surface area contributed by atoms with Crippen LogP contribution in [0.25, 0.3) is 0 Å². The number of sulfonamides is 1. The Bertz CT molecular complexity index is 633. The molecule has 1 amide bonds. The lowest BCUT2D eigenvalue weighted by molar-refractivity contribution is 0.0953. The second kappa shape index (κ2) is 10.1. The van der Waals surface area contributed by atoms with Crippen molar-refractivity contribution in [3.05, 3.63) is 23.8 Å². The van der Waals surface area contributed by atoms with Crippen molar-refractivity contribution in [2.75, 3.05) is 46.8 Å². The third-order valence-electron chi connectivity index (χ3n) is 3.16. The Morgan fingerprint density at radius 3 is 2.50 bits per heavy atom. The molecule has 0 radical (unpaired) electrons. The van der Waals surface area contributed by atoms with Gasteiger partial charge in [-0.25, -0.2) is 13.1 Å². The zero-order valence-corrected chi connectivity index (χ0v) is 14.9. The highest BCUT2D eigenvalue weighted by atomic mass is 32.2. The van der Waals surface area contributed by atoms with Crippen LogP contribution in [0.5, 0.6) is 11.5 Å². The highest BCUT2D eigenvalue weighted by molar-refractivity contribution is 7.89. The molecule has 136 valence electrons. The van der Waals surface area contributed by atoms with Gasteiger partial charge in [-0.2, -0.15) is 0 Å². The summed E-state index contributed by atoms with van der Waals surface area (Å²) >= 11 is 0. The van der Waals surface area contributed by atoms with Crippen molar-refractivity contribution in [3.8, 4) is 11.5 Å². The summed E-state index contributed by atoms with van der Waals surface area (Å²) in [6, 6.07) is 4.78. The van der Waals surface area contributed by atoms with Gasteiger partial charge in [-0.3, -0.25) is 4.79 Å². The number of carbonyl (C=O) groups excluding carboxylic acids is 1. The summed E-state index contributed by atoms with van der Waals surface area (Å²) < 4.78 is 41.0. The molecule has 2 N–H and O–H groups in total.